The van der Waals surface area contributed by atoms with Gasteiger partial charge in [0.2, 0.25) is 10.0 Å². The summed E-state index contributed by atoms with van der Waals surface area (Å²) in [6.07, 6.45) is 0.153. The largest absolute Gasteiger partial charge is 0.293 e. The Morgan fingerprint density at radius 1 is 1.38 bits per heavy atom. The van der Waals surface area contributed by atoms with Crippen molar-refractivity contribution < 1.29 is 13.2 Å². The Morgan fingerprint density at radius 2 is 1.88 bits per heavy atom. The monoisotopic (exact) mass is 261 g/mol. The van der Waals surface area contributed by atoms with Crippen molar-refractivity contribution in [2.24, 2.45) is 5.14 Å². The lowest BCUT2D eigenvalue weighted by Gasteiger charge is -2.11. The zero-order valence-electron chi connectivity index (χ0n) is 8.68. The smallest absolute Gasteiger partial charge is 0.219 e. The van der Waals surface area contributed by atoms with E-state index in [4.69, 9.17) is 16.7 Å². The lowest BCUT2D eigenvalue weighted by molar-refractivity contribution is 0.0985. The van der Waals surface area contributed by atoms with E-state index in [9.17, 15) is 13.2 Å². The van der Waals surface area contributed by atoms with Gasteiger partial charge in [-0.15, -0.1) is 0 Å². The number of ketones is 1. The molecule has 0 aliphatic carbocycles. The van der Waals surface area contributed by atoms with Gasteiger partial charge in [-0.2, -0.15) is 0 Å². The van der Waals surface area contributed by atoms with E-state index in [1.54, 1.807) is 6.92 Å². The van der Waals surface area contributed by atoms with E-state index in [1.807, 2.05) is 0 Å². The van der Waals surface area contributed by atoms with Crippen molar-refractivity contribution in [3.8, 4) is 0 Å². The van der Waals surface area contributed by atoms with Crippen LogP contribution in [0, 0.1) is 0 Å². The summed E-state index contributed by atoms with van der Waals surface area (Å²) < 4.78 is 22.4. The molecule has 0 bridgehead atoms. The van der Waals surface area contributed by atoms with Crippen LogP contribution < -0.4 is 5.14 Å². The van der Waals surface area contributed by atoms with Crippen LogP contribution in [0.1, 0.15) is 23.7 Å². The van der Waals surface area contributed by atoms with Crippen molar-refractivity contribution in [1.29, 1.82) is 0 Å². The van der Waals surface area contributed by atoms with Crippen LogP contribution in [0.4, 0.5) is 0 Å². The van der Waals surface area contributed by atoms with Crippen LogP contribution in [-0.2, 0) is 10.0 Å². The summed E-state index contributed by atoms with van der Waals surface area (Å²) in [5, 5.41) is 4.28. The Labute approximate surface area is 99.5 Å². The molecule has 0 fully saturated rings. The van der Waals surface area contributed by atoms with Crippen LogP contribution in [0.5, 0.6) is 0 Å². The van der Waals surface area contributed by atoms with Crippen molar-refractivity contribution in [2.45, 2.75) is 18.6 Å². The molecule has 0 heterocycles. The van der Waals surface area contributed by atoms with Gasteiger partial charge in [0.25, 0.3) is 0 Å². The van der Waals surface area contributed by atoms with Crippen LogP contribution in [0.15, 0.2) is 24.3 Å². The fourth-order valence-corrected chi connectivity index (χ4v) is 2.39. The van der Waals surface area contributed by atoms with Gasteiger partial charge in [0.05, 0.1) is 0 Å². The molecule has 0 radical (unpaired) electrons. The highest BCUT2D eigenvalue weighted by Crippen LogP contribution is 2.14. The minimum absolute atomic E-state index is 0.153. The van der Waals surface area contributed by atoms with Gasteiger partial charge in [-0.1, -0.05) is 18.5 Å². The number of halogens is 1. The van der Waals surface area contributed by atoms with Gasteiger partial charge in [0.15, 0.2) is 5.78 Å². The maximum absolute atomic E-state index is 11.8. The molecule has 0 aliphatic heterocycles. The molecule has 4 nitrogen and oxygen atoms in total. The van der Waals surface area contributed by atoms with E-state index in [-0.39, 0.29) is 6.42 Å². The third-order valence-corrected chi connectivity index (χ3v) is 3.78. The second kappa shape index (κ2) is 4.95. The van der Waals surface area contributed by atoms with Crippen LogP contribution in [0.25, 0.3) is 0 Å². The number of sulfonamides is 1. The Hall–Kier alpha value is -0.910. The summed E-state index contributed by atoms with van der Waals surface area (Å²) in [6.45, 7) is 1.60. The molecule has 16 heavy (non-hydrogen) atoms. The lowest BCUT2D eigenvalue weighted by Crippen LogP contribution is -2.35. The molecule has 88 valence electrons. The number of carbonyl (C=O) groups is 1. The number of hydrogen-bond acceptors (Lipinski definition) is 3. The van der Waals surface area contributed by atoms with Gasteiger partial charge < -0.3 is 0 Å². The molecule has 2 N–H and O–H groups in total. The third kappa shape index (κ3) is 3.04. The molecule has 1 aromatic rings. The standard InChI is InChI=1S/C10H12ClNO3S/c1-2-9(16(12,14)15)10(13)7-3-5-8(11)6-4-7/h3-6,9H,2H2,1H3,(H2,12,14,15). The Balaban J connectivity index is 3.06. The highest BCUT2D eigenvalue weighted by Gasteiger charge is 2.28. The molecule has 6 heteroatoms. The highest BCUT2D eigenvalue weighted by atomic mass is 35.5. The van der Waals surface area contributed by atoms with E-state index in [0.717, 1.165) is 0 Å². The van der Waals surface area contributed by atoms with Gasteiger partial charge in [0, 0.05) is 10.6 Å². The number of Topliss-reactive ketones (excluding diaryl/α,β-unsaturated/α-hetero) is 1. The Bertz CT molecular complexity index is 481. The Kier molecular flexibility index (Phi) is 4.07. The summed E-state index contributed by atoms with van der Waals surface area (Å²) in [7, 11) is -3.86. The first-order chi connectivity index (χ1) is 7.36. The summed E-state index contributed by atoms with van der Waals surface area (Å²) in [5.74, 6) is -0.498. The molecule has 1 aromatic carbocycles. The lowest BCUT2D eigenvalue weighted by atomic mass is 10.1. The summed E-state index contributed by atoms with van der Waals surface area (Å²) in [4.78, 5) is 11.8. The topological polar surface area (TPSA) is 77.2 Å². The fourth-order valence-electron chi connectivity index (χ4n) is 1.37. The second-order valence-corrected chi connectivity index (χ2v) is 5.54. The third-order valence-electron chi connectivity index (χ3n) is 2.19. The van der Waals surface area contributed by atoms with Crippen molar-refractivity contribution in [2.75, 3.05) is 0 Å². The molecule has 0 saturated carbocycles. The normalized spacial score (nSPS) is 13.4. The first-order valence-corrected chi connectivity index (χ1v) is 6.66. The van der Waals surface area contributed by atoms with Gasteiger partial charge in [-0.25, -0.2) is 13.6 Å². The van der Waals surface area contributed by atoms with Crippen LogP contribution in [-0.4, -0.2) is 19.5 Å². The minimum Gasteiger partial charge on any atom is -0.293 e. The van der Waals surface area contributed by atoms with E-state index in [0.29, 0.717) is 10.6 Å². The van der Waals surface area contributed by atoms with E-state index in [2.05, 4.69) is 0 Å². The number of carbonyl (C=O) groups excluding carboxylic acids is 1. The van der Waals surface area contributed by atoms with Gasteiger partial charge in [0.1, 0.15) is 5.25 Å². The average Bonchev–Trinajstić information content (AvgIpc) is 2.17. The zero-order chi connectivity index (χ0) is 12.3. The maximum atomic E-state index is 11.8. The first kappa shape index (κ1) is 13.2. The minimum atomic E-state index is -3.86. The van der Waals surface area contributed by atoms with Gasteiger partial charge >= 0.3 is 0 Å². The van der Waals surface area contributed by atoms with E-state index in [1.165, 1.54) is 24.3 Å². The van der Waals surface area contributed by atoms with Gasteiger partial charge in [-0.3, -0.25) is 4.79 Å². The van der Waals surface area contributed by atoms with Gasteiger partial charge in [-0.05, 0) is 30.7 Å². The number of rotatable bonds is 4. The molecule has 1 unspecified atom stereocenters. The number of benzene rings is 1. The number of hydrogen-bond donors (Lipinski definition) is 1. The van der Waals surface area contributed by atoms with Crippen LogP contribution in [0.2, 0.25) is 5.02 Å². The molecule has 1 rings (SSSR count). The molecule has 0 amide bonds. The second-order valence-electron chi connectivity index (χ2n) is 3.36. The number of primary sulfonamides is 1. The average molecular weight is 262 g/mol. The summed E-state index contributed by atoms with van der Waals surface area (Å²) in [5.41, 5.74) is 0.297. The van der Waals surface area contributed by atoms with Crippen molar-refractivity contribution in [3.05, 3.63) is 34.9 Å². The molecule has 1 atom stereocenters. The van der Waals surface area contributed by atoms with Crippen LogP contribution >= 0.6 is 11.6 Å². The first-order valence-electron chi connectivity index (χ1n) is 4.67. The predicted molar refractivity (Wildman–Crippen MR) is 63.0 cm³/mol. The SMILES string of the molecule is CCC(C(=O)c1ccc(Cl)cc1)S(N)(=O)=O. The van der Waals surface area contributed by atoms with Crippen molar-refractivity contribution in [3.63, 3.8) is 0 Å². The maximum Gasteiger partial charge on any atom is 0.219 e. The zero-order valence-corrected chi connectivity index (χ0v) is 10.3. The molecule has 0 saturated heterocycles. The number of nitrogens with two attached hydrogens (primary N) is 1. The fraction of sp³-hybridized carbons (Fsp3) is 0.300. The van der Waals surface area contributed by atoms with Crippen molar-refractivity contribution >= 4 is 27.4 Å². The highest BCUT2D eigenvalue weighted by molar-refractivity contribution is 7.90. The molecule has 0 aromatic heterocycles. The summed E-state index contributed by atoms with van der Waals surface area (Å²) >= 11 is 5.67. The molecular formula is C10H12ClNO3S. The van der Waals surface area contributed by atoms with Crippen molar-refractivity contribution in [1.82, 2.24) is 0 Å². The van der Waals surface area contributed by atoms with E-state index >= 15 is 0 Å². The Morgan fingerprint density at radius 3 is 2.25 bits per heavy atom. The van der Waals surface area contributed by atoms with Crippen LogP contribution in [0.3, 0.4) is 0 Å². The molecular weight excluding hydrogens is 250 g/mol. The quantitative estimate of drug-likeness (QED) is 0.836. The molecule has 0 spiro atoms. The van der Waals surface area contributed by atoms with E-state index < -0.39 is 21.1 Å². The molecule has 0 aliphatic rings. The predicted octanol–water partition coefficient (Wildman–Crippen LogP) is 1.59. The summed E-state index contributed by atoms with van der Waals surface area (Å²) in [6, 6.07) is 6.03.